The number of fused-ring (bicyclic) bond motifs is 1. The third-order valence-electron chi connectivity index (χ3n) is 4.54. The number of benzene rings is 2. The van der Waals surface area contributed by atoms with Crippen LogP contribution in [0.3, 0.4) is 0 Å². The van der Waals surface area contributed by atoms with Crippen molar-refractivity contribution in [1.82, 2.24) is 4.31 Å². The zero-order chi connectivity index (χ0) is 21.9. The second-order valence-electron chi connectivity index (χ2n) is 6.41. The zero-order valence-electron chi connectivity index (χ0n) is 16.9. The van der Waals surface area contributed by atoms with E-state index in [2.05, 4.69) is 21.2 Å². The molecule has 160 valence electrons. The van der Waals surface area contributed by atoms with Gasteiger partial charge in [0.2, 0.25) is 10.0 Å². The van der Waals surface area contributed by atoms with Crippen molar-refractivity contribution in [3.8, 4) is 5.75 Å². The minimum Gasteiger partial charge on any atom is -0.492 e. The molecule has 0 spiro atoms. The van der Waals surface area contributed by atoms with Gasteiger partial charge in [-0.2, -0.15) is 4.31 Å². The summed E-state index contributed by atoms with van der Waals surface area (Å²) in [7, 11) is -3.78. The summed E-state index contributed by atoms with van der Waals surface area (Å²) in [4.78, 5) is 12.7. The van der Waals surface area contributed by atoms with Crippen molar-refractivity contribution in [2.45, 2.75) is 25.7 Å². The number of nitrogens with one attached hydrogen (secondary N) is 1. The van der Waals surface area contributed by atoms with Crippen LogP contribution in [0.15, 0.2) is 56.2 Å². The molecule has 0 aliphatic heterocycles. The topological polar surface area (TPSA) is 88.8 Å². The number of sulfonamides is 1. The number of nitrogens with zero attached hydrogens (tertiary/aromatic N) is 1. The van der Waals surface area contributed by atoms with Crippen LogP contribution in [0.25, 0.3) is 11.0 Å². The Morgan fingerprint density at radius 1 is 1.13 bits per heavy atom. The Kier molecular flexibility index (Phi) is 6.84. The Labute approximate surface area is 184 Å². The maximum Gasteiger partial charge on any atom is 0.291 e. The Hall–Kier alpha value is -2.36. The first kappa shape index (κ1) is 22.3. The number of carbonyl (C=O) groups excluding carboxylic acids is 1. The van der Waals surface area contributed by atoms with E-state index in [-0.39, 0.29) is 16.4 Å². The third kappa shape index (κ3) is 4.38. The van der Waals surface area contributed by atoms with E-state index in [0.717, 1.165) is 9.86 Å². The zero-order valence-corrected chi connectivity index (χ0v) is 19.3. The largest absolute Gasteiger partial charge is 0.492 e. The van der Waals surface area contributed by atoms with Gasteiger partial charge in [-0.3, -0.25) is 4.79 Å². The van der Waals surface area contributed by atoms with Gasteiger partial charge < -0.3 is 14.5 Å². The summed E-state index contributed by atoms with van der Waals surface area (Å²) in [6.07, 6.45) is 0. The molecule has 0 aliphatic carbocycles. The molecule has 1 N–H and O–H groups in total. The predicted molar refractivity (Wildman–Crippen MR) is 120 cm³/mol. The van der Waals surface area contributed by atoms with E-state index in [1.807, 2.05) is 18.2 Å². The average molecular weight is 495 g/mol. The quantitative estimate of drug-likeness (QED) is 0.482. The first-order valence-electron chi connectivity index (χ1n) is 9.58. The van der Waals surface area contributed by atoms with Gasteiger partial charge in [0.1, 0.15) is 16.2 Å². The second kappa shape index (κ2) is 9.20. The maximum absolute atomic E-state index is 13.1. The van der Waals surface area contributed by atoms with Crippen LogP contribution in [-0.4, -0.2) is 38.3 Å². The highest BCUT2D eigenvalue weighted by molar-refractivity contribution is 9.10. The van der Waals surface area contributed by atoms with Crippen LogP contribution in [-0.2, 0) is 10.0 Å². The molecule has 1 heterocycles. The average Bonchev–Trinajstić information content (AvgIpc) is 3.16. The van der Waals surface area contributed by atoms with E-state index in [1.165, 1.54) is 10.4 Å². The molecular weight excluding hydrogens is 472 g/mol. The van der Waals surface area contributed by atoms with E-state index < -0.39 is 15.9 Å². The fourth-order valence-corrected chi connectivity index (χ4v) is 5.17. The molecule has 0 unspecified atom stereocenters. The van der Waals surface area contributed by atoms with Crippen LogP contribution >= 0.6 is 15.9 Å². The Morgan fingerprint density at radius 3 is 2.50 bits per heavy atom. The third-order valence-corrected chi connectivity index (χ3v) is 7.24. The highest BCUT2D eigenvalue weighted by Gasteiger charge is 2.26. The molecule has 0 saturated carbocycles. The van der Waals surface area contributed by atoms with Crippen LogP contribution < -0.4 is 10.1 Å². The van der Waals surface area contributed by atoms with E-state index in [4.69, 9.17) is 9.15 Å². The van der Waals surface area contributed by atoms with Gasteiger partial charge in [0.05, 0.1) is 11.1 Å². The van der Waals surface area contributed by atoms with Crippen LogP contribution in [0.2, 0.25) is 0 Å². The van der Waals surface area contributed by atoms with E-state index >= 15 is 0 Å². The molecule has 3 aromatic rings. The van der Waals surface area contributed by atoms with Gasteiger partial charge in [-0.25, -0.2) is 8.42 Å². The number of para-hydroxylation sites is 1. The Balaban J connectivity index is 1.96. The molecule has 0 radical (unpaired) electrons. The van der Waals surface area contributed by atoms with Crippen molar-refractivity contribution in [1.29, 1.82) is 0 Å². The van der Waals surface area contributed by atoms with Gasteiger partial charge >= 0.3 is 0 Å². The number of anilines is 1. The molecular formula is C21H23BrN2O5S. The van der Waals surface area contributed by atoms with Crippen molar-refractivity contribution >= 4 is 48.5 Å². The van der Waals surface area contributed by atoms with Gasteiger partial charge in [0, 0.05) is 24.2 Å². The lowest BCUT2D eigenvalue weighted by Gasteiger charge is -2.21. The molecule has 0 bridgehead atoms. The standard InChI is InChI=1S/C21H23BrN2O5S/c1-4-24(5-2)30(26,27)19-13-15(10-11-17(19)28-6-3)23-21(25)18-12-14-8-7-9-16(22)20(14)29-18/h7-13H,4-6H2,1-3H3,(H,23,25). The number of halogens is 1. The number of rotatable bonds is 8. The van der Waals surface area contributed by atoms with Crippen LogP contribution in [0.1, 0.15) is 31.3 Å². The van der Waals surface area contributed by atoms with Crippen molar-refractivity contribution in [3.63, 3.8) is 0 Å². The first-order chi connectivity index (χ1) is 14.3. The van der Waals surface area contributed by atoms with Gasteiger partial charge in [0.25, 0.3) is 5.91 Å². The highest BCUT2D eigenvalue weighted by atomic mass is 79.9. The van der Waals surface area contributed by atoms with Gasteiger partial charge in [-0.1, -0.05) is 26.0 Å². The van der Waals surface area contributed by atoms with E-state index in [9.17, 15) is 13.2 Å². The lowest BCUT2D eigenvalue weighted by molar-refractivity contribution is 0.0998. The van der Waals surface area contributed by atoms with E-state index in [1.54, 1.807) is 39.0 Å². The number of carbonyl (C=O) groups is 1. The molecule has 1 aromatic heterocycles. The monoisotopic (exact) mass is 494 g/mol. The first-order valence-corrected chi connectivity index (χ1v) is 11.8. The minimum absolute atomic E-state index is 0.0122. The molecule has 0 atom stereocenters. The molecule has 3 rings (SSSR count). The maximum atomic E-state index is 13.1. The minimum atomic E-state index is -3.78. The highest BCUT2D eigenvalue weighted by Crippen LogP contribution is 2.31. The normalized spacial score (nSPS) is 11.8. The second-order valence-corrected chi connectivity index (χ2v) is 9.17. The predicted octanol–water partition coefficient (Wildman–Crippen LogP) is 4.88. The lowest BCUT2D eigenvalue weighted by atomic mass is 10.2. The molecule has 0 saturated heterocycles. The summed E-state index contributed by atoms with van der Waals surface area (Å²) in [5.41, 5.74) is 0.896. The summed E-state index contributed by atoms with van der Waals surface area (Å²) in [5.74, 6) is -0.109. The fourth-order valence-electron chi connectivity index (χ4n) is 3.10. The molecule has 2 aromatic carbocycles. The summed E-state index contributed by atoms with van der Waals surface area (Å²) < 4.78 is 39.4. The van der Waals surface area contributed by atoms with Gasteiger partial charge in [0.15, 0.2) is 5.76 Å². The van der Waals surface area contributed by atoms with Crippen LogP contribution in [0.4, 0.5) is 5.69 Å². The Bertz CT molecular complexity index is 1170. The summed E-state index contributed by atoms with van der Waals surface area (Å²) in [6.45, 7) is 6.30. The molecule has 0 aliphatic rings. The van der Waals surface area contributed by atoms with Gasteiger partial charge in [-0.15, -0.1) is 0 Å². The molecule has 7 nitrogen and oxygen atoms in total. The fraction of sp³-hybridized carbons (Fsp3) is 0.286. The molecule has 0 fully saturated rings. The van der Waals surface area contributed by atoms with Gasteiger partial charge in [-0.05, 0) is 53.2 Å². The van der Waals surface area contributed by atoms with E-state index in [0.29, 0.717) is 31.0 Å². The number of hydrogen-bond donors (Lipinski definition) is 1. The molecule has 30 heavy (non-hydrogen) atoms. The van der Waals surface area contributed by atoms with Crippen molar-refractivity contribution in [3.05, 3.63) is 52.7 Å². The molecule has 1 amide bonds. The number of furan rings is 1. The van der Waals surface area contributed by atoms with Crippen LogP contribution in [0.5, 0.6) is 5.75 Å². The van der Waals surface area contributed by atoms with Crippen LogP contribution in [0, 0.1) is 0 Å². The molecule has 9 heteroatoms. The smallest absolute Gasteiger partial charge is 0.291 e. The number of ether oxygens (including phenoxy) is 1. The summed E-state index contributed by atoms with van der Waals surface area (Å²) in [6, 6.07) is 11.7. The summed E-state index contributed by atoms with van der Waals surface area (Å²) in [5, 5.41) is 3.49. The van der Waals surface area contributed by atoms with Crippen molar-refractivity contribution in [2.24, 2.45) is 0 Å². The SMILES string of the molecule is CCOc1ccc(NC(=O)c2cc3cccc(Br)c3o2)cc1S(=O)(=O)N(CC)CC. The van der Waals surface area contributed by atoms with Crippen molar-refractivity contribution < 1.29 is 22.4 Å². The lowest BCUT2D eigenvalue weighted by Crippen LogP contribution is -2.31. The summed E-state index contributed by atoms with van der Waals surface area (Å²) >= 11 is 3.40. The number of hydrogen-bond acceptors (Lipinski definition) is 5. The number of amides is 1. The van der Waals surface area contributed by atoms with Crippen molar-refractivity contribution in [2.75, 3.05) is 25.0 Å². The Morgan fingerprint density at radius 2 is 1.87 bits per heavy atom.